The summed E-state index contributed by atoms with van der Waals surface area (Å²) in [6.45, 7) is 4.18. The molecule has 0 aliphatic heterocycles. The van der Waals surface area contributed by atoms with E-state index in [0.29, 0.717) is 0 Å². The van der Waals surface area contributed by atoms with Gasteiger partial charge in [0, 0.05) is 28.5 Å². The molecule has 0 atom stereocenters. The molecule has 2 nitrogen and oxygen atoms in total. The lowest BCUT2D eigenvalue weighted by molar-refractivity contribution is 1.04. The van der Waals surface area contributed by atoms with E-state index in [0.717, 1.165) is 12.1 Å². The van der Waals surface area contributed by atoms with Crippen LogP contribution in [0.5, 0.6) is 0 Å². The van der Waals surface area contributed by atoms with Crippen molar-refractivity contribution in [2.75, 3.05) is 0 Å². The smallest absolute Gasteiger partial charge is 0.0489 e. The van der Waals surface area contributed by atoms with E-state index < -0.39 is 0 Å². The highest BCUT2D eigenvalue weighted by Gasteiger charge is 1.98. The highest BCUT2D eigenvalue weighted by molar-refractivity contribution is 5.85. The lowest BCUT2D eigenvalue weighted by atomic mass is 10.2. The number of halogens is 1. The van der Waals surface area contributed by atoms with Crippen LogP contribution >= 0.6 is 12.4 Å². The van der Waals surface area contributed by atoms with Crippen LogP contribution in [0.4, 0.5) is 0 Å². The van der Waals surface area contributed by atoms with Crippen molar-refractivity contribution in [2.24, 2.45) is 0 Å². The normalized spacial score (nSPS) is 10.0. The van der Waals surface area contributed by atoms with E-state index in [-0.39, 0.29) is 12.4 Å². The quantitative estimate of drug-likeness (QED) is 0.747. The number of aromatic nitrogens is 2. The van der Waals surface area contributed by atoms with Crippen LogP contribution in [-0.2, 0) is 6.42 Å². The van der Waals surface area contributed by atoms with E-state index in [1.54, 1.807) is 0 Å². The van der Waals surface area contributed by atoms with Gasteiger partial charge in [-0.15, -0.1) is 12.4 Å². The van der Waals surface area contributed by atoms with Gasteiger partial charge in [0.25, 0.3) is 0 Å². The minimum absolute atomic E-state index is 0. The first kappa shape index (κ1) is 10.1. The first-order valence-corrected chi connectivity index (χ1v) is 4.24. The standard InChI is InChI=1S/C10H12N2.ClH/c1-3-9-5-10-8(6-11-9)4-7(2)12-10;/h4-6,12H,3H2,1-2H3;1H. The van der Waals surface area contributed by atoms with Crippen LogP contribution < -0.4 is 0 Å². The molecule has 0 saturated heterocycles. The Kier molecular flexibility index (Phi) is 2.94. The summed E-state index contributed by atoms with van der Waals surface area (Å²) in [5.41, 5.74) is 3.53. The molecule has 0 saturated carbocycles. The molecule has 2 heterocycles. The van der Waals surface area contributed by atoms with E-state index in [9.17, 15) is 0 Å². The van der Waals surface area contributed by atoms with Crippen molar-refractivity contribution in [3.63, 3.8) is 0 Å². The first-order chi connectivity index (χ1) is 5.79. The van der Waals surface area contributed by atoms with Crippen molar-refractivity contribution >= 4 is 23.3 Å². The number of pyridine rings is 1. The number of nitrogens with one attached hydrogen (secondary N) is 1. The van der Waals surface area contributed by atoms with Crippen LogP contribution in [0, 0.1) is 6.92 Å². The van der Waals surface area contributed by atoms with Gasteiger partial charge < -0.3 is 4.98 Å². The van der Waals surface area contributed by atoms with Crippen molar-refractivity contribution in [3.8, 4) is 0 Å². The third-order valence-corrected chi connectivity index (χ3v) is 2.06. The number of hydrogen-bond donors (Lipinski definition) is 1. The molecule has 2 aromatic heterocycles. The Balaban J connectivity index is 0.000000845. The number of fused-ring (bicyclic) bond motifs is 1. The predicted molar refractivity (Wildman–Crippen MR) is 57.5 cm³/mol. The summed E-state index contributed by atoms with van der Waals surface area (Å²) in [5.74, 6) is 0. The van der Waals surface area contributed by atoms with Crippen LogP contribution in [-0.4, -0.2) is 9.97 Å². The fourth-order valence-electron chi connectivity index (χ4n) is 1.41. The third-order valence-electron chi connectivity index (χ3n) is 2.06. The van der Waals surface area contributed by atoms with Gasteiger partial charge in [-0.25, -0.2) is 0 Å². The van der Waals surface area contributed by atoms with Gasteiger partial charge in [0.15, 0.2) is 0 Å². The summed E-state index contributed by atoms with van der Waals surface area (Å²) in [7, 11) is 0. The largest absolute Gasteiger partial charge is 0.359 e. The molecule has 0 spiro atoms. The summed E-state index contributed by atoms with van der Waals surface area (Å²) in [5, 5.41) is 1.20. The Labute approximate surface area is 83.8 Å². The second kappa shape index (κ2) is 3.79. The predicted octanol–water partition coefficient (Wildman–Crippen LogP) is 2.86. The van der Waals surface area contributed by atoms with E-state index in [4.69, 9.17) is 0 Å². The van der Waals surface area contributed by atoms with Gasteiger partial charge >= 0.3 is 0 Å². The summed E-state index contributed by atoms with van der Waals surface area (Å²) in [6, 6.07) is 4.23. The highest BCUT2D eigenvalue weighted by atomic mass is 35.5. The summed E-state index contributed by atoms with van der Waals surface area (Å²) in [6.07, 6.45) is 2.92. The van der Waals surface area contributed by atoms with Gasteiger partial charge in [-0.05, 0) is 25.5 Å². The minimum Gasteiger partial charge on any atom is -0.359 e. The highest BCUT2D eigenvalue weighted by Crippen LogP contribution is 2.14. The van der Waals surface area contributed by atoms with Crippen molar-refractivity contribution in [1.82, 2.24) is 9.97 Å². The Hall–Kier alpha value is -1.02. The van der Waals surface area contributed by atoms with Gasteiger partial charge in [0.05, 0.1) is 0 Å². The van der Waals surface area contributed by atoms with Gasteiger partial charge in [-0.1, -0.05) is 6.92 Å². The maximum atomic E-state index is 4.32. The van der Waals surface area contributed by atoms with Gasteiger partial charge in [0.1, 0.15) is 0 Å². The number of H-pyrrole nitrogens is 1. The Bertz CT molecular complexity index is 406. The van der Waals surface area contributed by atoms with Crippen LogP contribution in [0.3, 0.4) is 0 Å². The summed E-state index contributed by atoms with van der Waals surface area (Å²) < 4.78 is 0. The van der Waals surface area contributed by atoms with Crippen LogP contribution in [0.15, 0.2) is 18.3 Å². The summed E-state index contributed by atoms with van der Waals surface area (Å²) in [4.78, 5) is 7.61. The molecule has 3 heteroatoms. The zero-order chi connectivity index (χ0) is 8.55. The second-order valence-corrected chi connectivity index (χ2v) is 3.07. The van der Waals surface area contributed by atoms with Crippen molar-refractivity contribution < 1.29 is 0 Å². The molecule has 0 radical (unpaired) electrons. The third kappa shape index (κ3) is 1.83. The lowest BCUT2D eigenvalue weighted by Gasteiger charge is -1.94. The van der Waals surface area contributed by atoms with E-state index in [1.165, 1.54) is 16.6 Å². The molecule has 2 rings (SSSR count). The van der Waals surface area contributed by atoms with Gasteiger partial charge in [-0.2, -0.15) is 0 Å². The Morgan fingerprint density at radius 3 is 2.85 bits per heavy atom. The number of rotatable bonds is 1. The van der Waals surface area contributed by atoms with Crippen molar-refractivity contribution in [1.29, 1.82) is 0 Å². The van der Waals surface area contributed by atoms with Crippen molar-refractivity contribution in [2.45, 2.75) is 20.3 Å². The fraction of sp³-hybridized carbons (Fsp3) is 0.300. The topological polar surface area (TPSA) is 28.7 Å². The molecule has 0 bridgehead atoms. The Morgan fingerprint density at radius 2 is 2.15 bits per heavy atom. The number of nitrogens with zero attached hydrogens (tertiary/aromatic N) is 1. The summed E-state index contributed by atoms with van der Waals surface area (Å²) >= 11 is 0. The van der Waals surface area contributed by atoms with Gasteiger partial charge in [-0.3, -0.25) is 4.98 Å². The molecule has 2 aromatic rings. The van der Waals surface area contributed by atoms with Crippen molar-refractivity contribution in [3.05, 3.63) is 29.7 Å². The molecule has 1 N–H and O–H groups in total. The lowest BCUT2D eigenvalue weighted by Crippen LogP contribution is -1.84. The molecule has 0 aliphatic rings. The van der Waals surface area contributed by atoms with E-state index in [1.807, 2.05) is 6.20 Å². The first-order valence-electron chi connectivity index (χ1n) is 4.24. The maximum Gasteiger partial charge on any atom is 0.0489 e. The molecule has 70 valence electrons. The molecule has 0 aromatic carbocycles. The average molecular weight is 197 g/mol. The molecular weight excluding hydrogens is 184 g/mol. The minimum atomic E-state index is 0. The maximum absolute atomic E-state index is 4.32. The van der Waals surface area contributed by atoms with E-state index in [2.05, 4.69) is 35.9 Å². The average Bonchev–Trinajstić information content (AvgIpc) is 2.43. The number of hydrogen-bond acceptors (Lipinski definition) is 1. The zero-order valence-corrected chi connectivity index (χ0v) is 8.61. The Morgan fingerprint density at radius 1 is 1.38 bits per heavy atom. The zero-order valence-electron chi connectivity index (χ0n) is 7.79. The number of aromatic amines is 1. The van der Waals surface area contributed by atoms with Crippen LogP contribution in [0.1, 0.15) is 18.3 Å². The van der Waals surface area contributed by atoms with E-state index >= 15 is 0 Å². The molecule has 0 amide bonds. The molecule has 13 heavy (non-hydrogen) atoms. The van der Waals surface area contributed by atoms with Crippen LogP contribution in [0.2, 0.25) is 0 Å². The molecular formula is C10H13ClN2. The number of aryl methyl sites for hydroxylation is 2. The fourth-order valence-corrected chi connectivity index (χ4v) is 1.41. The molecule has 0 fully saturated rings. The van der Waals surface area contributed by atoms with Crippen LogP contribution in [0.25, 0.3) is 10.9 Å². The monoisotopic (exact) mass is 196 g/mol. The second-order valence-electron chi connectivity index (χ2n) is 3.07. The SMILES string of the molecule is CCc1cc2[nH]c(C)cc2cn1.Cl. The van der Waals surface area contributed by atoms with Gasteiger partial charge in [0.2, 0.25) is 0 Å². The molecule has 0 unspecified atom stereocenters. The molecule has 0 aliphatic carbocycles.